The second-order valence-electron chi connectivity index (χ2n) is 5.36. The van der Waals surface area contributed by atoms with Gasteiger partial charge < -0.3 is 16.2 Å². The van der Waals surface area contributed by atoms with Gasteiger partial charge in [-0.1, -0.05) is 18.2 Å². The third-order valence-electron chi connectivity index (χ3n) is 4.26. The lowest BCUT2D eigenvalue weighted by atomic mass is 9.82. The first-order valence-electron chi connectivity index (χ1n) is 6.51. The fourth-order valence-electron chi connectivity index (χ4n) is 2.99. The van der Waals surface area contributed by atoms with Crippen LogP contribution in [0, 0.1) is 5.92 Å². The van der Waals surface area contributed by atoms with Crippen molar-refractivity contribution in [1.82, 2.24) is 0 Å². The number of anilines is 1. The highest BCUT2D eigenvalue weighted by molar-refractivity contribution is 5.54. The molecule has 0 spiro atoms. The second-order valence-corrected chi connectivity index (χ2v) is 5.36. The van der Waals surface area contributed by atoms with Gasteiger partial charge in [-0.25, -0.2) is 0 Å². The van der Waals surface area contributed by atoms with E-state index in [2.05, 4.69) is 23.5 Å². The molecule has 17 heavy (non-hydrogen) atoms. The van der Waals surface area contributed by atoms with E-state index in [9.17, 15) is 5.11 Å². The molecule has 4 N–H and O–H groups in total. The molecule has 1 aromatic carbocycles. The summed E-state index contributed by atoms with van der Waals surface area (Å²) in [6.45, 7) is 0.359. The van der Waals surface area contributed by atoms with Crippen LogP contribution in [0.2, 0.25) is 0 Å². The average Bonchev–Trinajstić information content (AvgIpc) is 3.22. The van der Waals surface area contributed by atoms with Crippen LogP contribution in [0.4, 0.5) is 5.69 Å². The largest absolute Gasteiger partial charge is 0.386 e. The number of nitrogens with two attached hydrogens (primary N) is 1. The van der Waals surface area contributed by atoms with Crippen molar-refractivity contribution in [3.8, 4) is 0 Å². The zero-order chi connectivity index (χ0) is 11.9. The Hall–Kier alpha value is -1.06. The van der Waals surface area contributed by atoms with Crippen LogP contribution in [0.5, 0.6) is 0 Å². The van der Waals surface area contributed by atoms with E-state index >= 15 is 0 Å². The third-order valence-corrected chi connectivity index (χ3v) is 4.26. The summed E-state index contributed by atoms with van der Waals surface area (Å²) in [5.74, 6) is 0.398. The molecule has 1 aliphatic carbocycles. The molecule has 1 aromatic rings. The van der Waals surface area contributed by atoms with Gasteiger partial charge in [0.1, 0.15) is 0 Å². The molecule has 3 rings (SSSR count). The lowest BCUT2D eigenvalue weighted by Crippen LogP contribution is -2.55. The van der Waals surface area contributed by atoms with Crippen molar-refractivity contribution < 1.29 is 5.11 Å². The molecule has 1 heterocycles. The van der Waals surface area contributed by atoms with Gasteiger partial charge in [-0.05, 0) is 43.2 Å². The Labute approximate surface area is 102 Å². The summed E-state index contributed by atoms with van der Waals surface area (Å²) in [7, 11) is 0. The van der Waals surface area contributed by atoms with Crippen molar-refractivity contribution in [3.63, 3.8) is 0 Å². The number of rotatable bonds is 3. The molecular weight excluding hydrogens is 212 g/mol. The molecule has 1 saturated carbocycles. The van der Waals surface area contributed by atoms with Gasteiger partial charge in [-0.15, -0.1) is 0 Å². The molecule has 2 aliphatic rings. The second kappa shape index (κ2) is 4.00. The van der Waals surface area contributed by atoms with Gasteiger partial charge in [0.15, 0.2) is 0 Å². The van der Waals surface area contributed by atoms with Crippen LogP contribution >= 0.6 is 0 Å². The number of benzene rings is 1. The van der Waals surface area contributed by atoms with Crippen LogP contribution in [0.3, 0.4) is 0 Å². The number of fused-ring (bicyclic) bond motifs is 1. The Morgan fingerprint density at radius 2 is 2.06 bits per heavy atom. The van der Waals surface area contributed by atoms with Crippen LogP contribution in [-0.2, 0) is 6.42 Å². The summed E-state index contributed by atoms with van der Waals surface area (Å²) < 4.78 is 0. The summed E-state index contributed by atoms with van der Waals surface area (Å²) in [4.78, 5) is 0. The highest BCUT2D eigenvalue weighted by Crippen LogP contribution is 2.44. The quantitative estimate of drug-likeness (QED) is 0.740. The molecule has 2 atom stereocenters. The summed E-state index contributed by atoms with van der Waals surface area (Å²) in [5, 5.41) is 14.2. The predicted molar refractivity (Wildman–Crippen MR) is 68.9 cm³/mol. The zero-order valence-electron chi connectivity index (χ0n) is 10.0. The van der Waals surface area contributed by atoms with E-state index in [0.717, 1.165) is 31.4 Å². The molecular formula is C14H20N2O. The molecule has 3 heteroatoms. The number of hydrogen-bond acceptors (Lipinski definition) is 3. The first-order valence-corrected chi connectivity index (χ1v) is 6.51. The van der Waals surface area contributed by atoms with Crippen LogP contribution in [0.15, 0.2) is 24.3 Å². The van der Waals surface area contributed by atoms with Gasteiger partial charge in [0.05, 0.1) is 11.6 Å². The van der Waals surface area contributed by atoms with Gasteiger partial charge in [-0.3, -0.25) is 0 Å². The van der Waals surface area contributed by atoms with Crippen molar-refractivity contribution in [2.24, 2.45) is 11.7 Å². The van der Waals surface area contributed by atoms with E-state index in [1.165, 1.54) is 5.56 Å². The minimum Gasteiger partial charge on any atom is -0.386 e. The Morgan fingerprint density at radius 3 is 2.76 bits per heavy atom. The first kappa shape index (κ1) is 11.1. The van der Waals surface area contributed by atoms with Crippen molar-refractivity contribution >= 4 is 5.69 Å². The number of aliphatic hydroxyl groups is 1. The number of hydrogen-bond donors (Lipinski definition) is 3. The van der Waals surface area contributed by atoms with E-state index < -0.39 is 5.60 Å². The molecule has 92 valence electrons. The van der Waals surface area contributed by atoms with E-state index in [1.54, 1.807) is 0 Å². The maximum absolute atomic E-state index is 10.7. The number of aryl methyl sites for hydroxylation is 1. The zero-order valence-corrected chi connectivity index (χ0v) is 10.0. The lowest BCUT2D eigenvalue weighted by Gasteiger charge is -2.39. The Kier molecular flexibility index (Phi) is 2.60. The van der Waals surface area contributed by atoms with Crippen molar-refractivity contribution in [2.75, 3.05) is 11.9 Å². The molecule has 0 aromatic heterocycles. The van der Waals surface area contributed by atoms with E-state index in [-0.39, 0.29) is 6.04 Å². The predicted octanol–water partition coefficient (Wildman–Crippen LogP) is 1.51. The van der Waals surface area contributed by atoms with Crippen LogP contribution in [0.25, 0.3) is 0 Å². The molecule has 3 nitrogen and oxygen atoms in total. The van der Waals surface area contributed by atoms with Crippen molar-refractivity contribution in [2.45, 2.75) is 37.3 Å². The van der Waals surface area contributed by atoms with Gasteiger partial charge >= 0.3 is 0 Å². The molecule has 1 fully saturated rings. The average molecular weight is 232 g/mol. The normalized spacial score (nSPS) is 26.8. The van der Waals surface area contributed by atoms with E-state index in [4.69, 9.17) is 5.73 Å². The van der Waals surface area contributed by atoms with E-state index in [0.29, 0.717) is 12.5 Å². The molecule has 1 aliphatic heterocycles. The monoisotopic (exact) mass is 232 g/mol. The van der Waals surface area contributed by atoms with Gasteiger partial charge in [0, 0.05) is 12.2 Å². The standard InChI is InChI=1S/C14H20N2O/c15-9-14(17,11-6-7-11)13-8-5-10-3-1-2-4-12(10)16-13/h1-4,11,13,16-17H,5-9,15H2. The fraction of sp³-hybridized carbons (Fsp3) is 0.571. The summed E-state index contributed by atoms with van der Waals surface area (Å²) in [6.07, 6.45) is 4.24. The molecule has 2 unspecified atom stereocenters. The van der Waals surface area contributed by atoms with Gasteiger partial charge in [0.2, 0.25) is 0 Å². The Balaban J connectivity index is 1.83. The Morgan fingerprint density at radius 1 is 1.29 bits per heavy atom. The highest BCUT2D eigenvalue weighted by atomic mass is 16.3. The van der Waals surface area contributed by atoms with Crippen LogP contribution < -0.4 is 11.1 Å². The first-order chi connectivity index (χ1) is 8.24. The van der Waals surface area contributed by atoms with Crippen molar-refractivity contribution in [3.05, 3.63) is 29.8 Å². The summed E-state index contributed by atoms with van der Waals surface area (Å²) in [5.41, 5.74) is 7.60. The van der Waals surface area contributed by atoms with Crippen LogP contribution in [-0.4, -0.2) is 23.3 Å². The molecule has 0 radical (unpaired) electrons. The summed E-state index contributed by atoms with van der Waals surface area (Å²) in [6, 6.07) is 8.45. The fourth-order valence-corrected chi connectivity index (χ4v) is 2.99. The van der Waals surface area contributed by atoms with Gasteiger partial charge in [0.25, 0.3) is 0 Å². The molecule has 0 bridgehead atoms. The lowest BCUT2D eigenvalue weighted by molar-refractivity contribution is 0.00413. The maximum Gasteiger partial charge on any atom is 0.0996 e. The minimum atomic E-state index is -0.715. The van der Waals surface area contributed by atoms with E-state index in [1.807, 2.05) is 6.07 Å². The highest BCUT2D eigenvalue weighted by Gasteiger charge is 2.48. The number of para-hydroxylation sites is 1. The van der Waals surface area contributed by atoms with Crippen LogP contribution in [0.1, 0.15) is 24.8 Å². The minimum absolute atomic E-state index is 0.106. The SMILES string of the molecule is NCC(O)(C1CC1)C1CCc2ccccc2N1. The molecule has 0 saturated heterocycles. The molecule has 0 amide bonds. The van der Waals surface area contributed by atoms with Gasteiger partial charge in [-0.2, -0.15) is 0 Å². The smallest absolute Gasteiger partial charge is 0.0996 e. The Bertz CT molecular complexity index is 416. The summed E-state index contributed by atoms with van der Waals surface area (Å²) >= 11 is 0. The topological polar surface area (TPSA) is 58.3 Å². The van der Waals surface area contributed by atoms with Crippen molar-refractivity contribution in [1.29, 1.82) is 0 Å². The number of nitrogens with one attached hydrogen (secondary N) is 1. The maximum atomic E-state index is 10.7. The third kappa shape index (κ3) is 1.83.